The van der Waals surface area contributed by atoms with Crippen molar-refractivity contribution < 1.29 is 0 Å². The molecule has 74 heavy (non-hydrogen) atoms. The van der Waals surface area contributed by atoms with E-state index in [9.17, 15) is 0 Å². The fourth-order valence-corrected chi connectivity index (χ4v) is 10.7. The van der Waals surface area contributed by atoms with Crippen molar-refractivity contribution in [2.45, 2.75) is 25.7 Å². The van der Waals surface area contributed by atoms with E-state index in [0.717, 1.165) is 86.6 Å². The molecule has 0 saturated carbocycles. The molecule has 0 aliphatic heterocycles. The summed E-state index contributed by atoms with van der Waals surface area (Å²) in [4.78, 5) is 5.30. The molecule has 0 radical (unpaired) electrons. The summed E-state index contributed by atoms with van der Waals surface area (Å²) in [5.41, 5.74) is 21.1. The number of rotatable bonds is 13. The van der Waals surface area contributed by atoms with Gasteiger partial charge in [0, 0.05) is 33.5 Å². The van der Waals surface area contributed by atoms with Crippen LogP contribution in [0.2, 0.25) is 0 Å². The molecular formula is C69H51N5. The van der Waals surface area contributed by atoms with Crippen molar-refractivity contribution >= 4 is 32.6 Å². The molecule has 352 valence electrons. The molecule has 0 unspecified atom stereocenters. The van der Waals surface area contributed by atoms with Crippen molar-refractivity contribution in [2.24, 2.45) is 0 Å². The van der Waals surface area contributed by atoms with Crippen molar-refractivity contribution in [3.05, 3.63) is 283 Å². The Morgan fingerprint density at radius 1 is 0.284 bits per heavy atom. The lowest BCUT2D eigenvalue weighted by Gasteiger charge is -2.17. The standard InChI is InChI=1S/C69H51N5/c1-2-13-52(14-3-1)53-33-35-54(36-34-53)55-17-12-18-56(44-55)69-65-22-9-8-21-64(65)66(47-70-69)63-20-7-6-19-62(63)59-42-50(27-25-48-29-37-60(38-30-48)73-67-23-10-4-15-57(67)45-71-73)41-51(43-59)28-26-49-31-39-61(40-32-49)74-68-24-11-5-16-58(68)46-72-74/h1-24,29-47H,25-28H2. The zero-order valence-electron chi connectivity index (χ0n) is 40.9. The molecule has 0 bridgehead atoms. The Labute approximate surface area is 431 Å². The first-order valence-electron chi connectivity index (χ1n) is 25.6. The van der Waals surface area contributed by atoms with Crippen LogP contribution in [0.25, 0.3) is 99.7 Å². The van der Waals surface area contributed by atoms with Crippen molar-refractivity contribution in [3.63, 3.8) is 0 Å². The molecule has 0 saturated heterocycles. The third-order valence-electron chi connectivity index (χ3n) is 14.6. The molecule has 3 heterocycles. The summed E-state index contributed by atoms with van der Waals surface area (Å²) in [5.74, 6) is 0. The summed E-state index contributed by atoms with van der Waals surface area (Å²) in [6.07, 6.45) is 9.63. The van der Waals surface area contributed by atoms with Gasteiger partial charge in [-0.3, -0.25) is 4.98 Å². The second-order valence-corrected chi connectivity index (χ2v) is 19.2. The third-order valence-corrected chi connectivity index (χ3v) is 14.6. The molecule has 0 aliphatic carbocycles. The topological polar surface area (TPSA) is 48.5 Å². The first kappa shape index (κ1) is 44.5. The maximum atomic E-state index is 5.30. The van der Waals surface area contributed by atoms with E-state index in [1.54, 1.807) is 0 Å². The van der Waals surface area contributed by atoms with Gasteiger partial charge in [0.1, 0.15) is 0 Å². The minimum atomic E-state index is 0.912. The largest absolute Gasteiger partial charge is 0.255 e. The van der Waals surface area contributed by atoms with Gasteiger partial charge in [0.25, 0.3) is 0 Å². The van der Waals surface area contributed by atoms with E-state index in [2.05, 4.69) is 249 Å². The summed E-state index contributed by atoms with van der Waals surface area (Å²) in [6, 6.07) is 87.6. The maximum Gasteiger partial charge on any atom is 0.0780 e. The minimum absolute atomic E-state index is 0.912. The Kier molecular flexibility index (Phi) is 11.8. The fraction of sp³-hybridized carbons (Fsp3) is 0.0580. The predicted molar refractivity (Wildman–Crippen MR) is 306 cm³/mol. The van der Waals surface area contributed by atoms with Gasteiger partial charge < -0.3 is 0 Å². The molecule has 10 aromatic carbocycles. The fourth-order valence-electron chi connectivity index (χ4n) is 10.7. The van der Waals surface area contributed by atoms with Gasteiger partial charge in [-0.15, -0.1) is 0 Å². The number of hydrogen-bond acceptors (Lipinski definition) is 3. The van der Waals surface area contributed by atoms with Gasteiger partial charge in [0.15, 0.2) is 0 Å². The van der Waals surface area contributed by atoms with Crippen LogP contribution in [0.4, 0.5) is 0 Å². The molecule has 13 rings (SSSR count). The monoisotopic (exact) mass is 949 g/mol. The van der Waals surface area contributed by atoms with Crippen molar-refractivity contribution in [1.29, 1.82) is 0 Å². The van der Waals surface area contributed by atoms with E-state index >= 15 is 0 Å². The van der Waals surface area contributed by atoms with E-state index in [-0.39, 0.29) is 0 Å². The molecule has 0 fully saturated rings. The summed E-state index contributed by atoms with van der Waals surface area (Å²) in [5, 5.41) is 14.0. The van der Waals surface area contributed by atoms with Crippen LogP contribution >= 0.6 is 0 Å². The highest BCUT2D eigenvalue weighted by molar-refractivity contribution is 6.05. The third kappa shape index (κ3) is 8.86. The molecule has 5 heteroatoms. The van der Waals surface area contributed by atoms with Gasteiger partial charge in [0.2, 0.25) is 0 Å². The van der Waals surface area contributed by atoms with Gasteiger partial charge in [-0.2, -0.15) is 10.2 Å². The van der Waals surface area contributed by atoms with Crippen molar-refractivity contribution in [3.8, 4) is 67.1 Å². The Morgan fingerprint density at radius 3 is 1.38 bits per heavy atom. The van der Waals surface area contributed by atoms with Crippen LogP contribution in [-0.4, -0.2) is 24.5 Å². The van der Waals surface area contributed by atoms with Gasteiger partial charge in [-0.05, 0) is 135 Å². The number of benzene rings is 10. The molecule has 0 spiro atoms. The molecule has 3 aromatic heterocycles. The molecule has 0 amide bonds. The minimum Gasteiger partial charge on any atom is -0.255 e. The number of pyridine rings is 1. The van der Waals surface area contributed by atoms with Crippen LogP contribution in [0.1, 0.15) is 22.3 Å². The first-order valence-corrected chi connectivity index (χ1v) is 25.6. The van der Waals surface area contributed by atoms with Gasteiger partial charge in [0.05, 0.1) is 40.5 Å². The van der Waals surface area contributed by atoms with Crippen LogP contribution in [0.3, 0.4) is 0 Å². The molecule has 0 atom stereocenters. The summed E-state index contributed by atoms with van der Waals surface area (Å²) < 4.78 is 4.05. The lowest BCUT2D eigenvalue weighted by Crippen LogP contribution is -1.99. The molecule has 0 N–H and O–H groups in total. The Bertz CT molecular complexity index is 3970. The van der Waals surface area contributed by atoms with Crippen molar-refractivity contribution in [1.82, 2.24) is 24.5 Å². The van der Waals surface area contributed by atoms with Crippen LogP contribution in [0.5, 0.6) is 0 Å². The number of hydrogen-bond donors (Lipinski definition) is 0. The Balaban J connectivity index is 0.820. The van der Waals surface area contributed by atoms with Crippen molar-refractivity contribution in [2.75, 3.05) is 0 Å². The maximum absolute atomic E-state index is 5.30. The van der Waals surface area contributed by atoms with Gasteiger partial charge in [-0.25, -0.2) is 9.36 Å². The average Bonchev–Trinajstić information content (AvgIpc) is 4.12. The zero-order valence-corrected chi connectivity index (χ0v) is 40.9. The SMILES string of the molecule is c1ccc(-c2ccc(-c3cccc(-c4ncc(-c5ccccc5-c5cc(CCc6ccc(-n7ncc8ccccc87)cc6)cc(CCc6ccc(-n7ncc8ccccc87)cc6)c5)c5ccccc45)c3)cc2)cc1. The number of nitrogens with zero attached hydrogens (tertiary/aromatic N) is 5. The van der Waals surface area contributed by atoms with Crippen LogP contribution < -0.4 is 0 Å². The van der Waals surface area contributed by atoms with Crippen LogP contribution in [0, 0.1) is 0 Å². The normalized spacial score (nSPS) is 11.5. The Hall–Kier alpha value is -9.45. The lowest BCUT2D eigenvalue weighted by molar-refractivity contribution is 0.901. The molecule has 13 aromatic rings. The summed E-state index contributed by atoms with van der Waals surface area (Å²) in [6.45, 7) is 0. The molecule has 5 nitrogen and oxygen atoms in total. The first-order chi connectivity index (χ1) is 36.6. The number of fused-ring (bicyclic) bond motifs is 3. The quantitative estimate of drug-likeness (QED) is 0.116. The highest BCUT2D eigenvalue weighted by Crippen LogP contribution is 2.40. The van der Waals surface area contributed by atoms with Crippen LogP contribution in [0.15, 0.2) is 261 Å². The number of para-hydroxylation sites is 2. The van der Waals surface area contributed by atoms with E-state index < -0.39 is 0 Å². The predicted octanol–water partition coefficient (Wildman–Crippen LogP) is 16.8. The highest BCUT2D eigenvalue weighted by Gasteiger charge is 2.17. The zero-order chi connectivity index (χ0) is 49.2. The number of aromatic nitrogens is 5. The van der Waals surface area contributed by atoms with E-state index in [1.165, 1.54) is 61.0 Å². The van der Waals surface area contributed by atoms with Gasteiger partial charge >= 0.3 is 0 Å². The smallest absolute Gasteiger partial charge is 0.0780 e. The average molecular weight is 950 g/mol. The summed E-state index contributed by atoms with van der Waals surface area (Å²) >= 11 is 0. The Morgan fingerprint density at radius 2 is 0.757 bits per heavy atom. The second kappa shape index (κ2) is 19.6. The van der Waals surface area contributed by atoms with E-state index in [1.807, 2.05) is 21.8 Å². The lowest BCUT2D eigenvalue weighted by atomic mass is 9.88. The molecule has 0 aliphatic rings. The molecular weight excluding hydrogens is 899 g/mol. The van der Waals surface area contributed by atoms with E-state index in [0.29, 0.717) is 0 Å². The summed E-state index contributed by atoms with van der Waals surface area (Å²) in [7, 11) is 0. The number of aryl methyl sites for hydroxylation is 4. The van der Waals surface area contributed by atoms with Gasteiger partial charge in [-0.1, -0.05) is 200 Å². The highest BCUT2D eigenvalue weighted by atomic mass is 15.3. The van der Waals surface area contributed by atoms with E-state index in [4.69, 9.17) is 15.2 Å². The second-order valence-electron chi connectivity index (χ2n) is 19.2. The van der Waals surface area contributed by atoms with Crippen LogP contribution in [-0.2, 0) is 25.7 Å².